The fourth-order valence-corrected chi connectivity index (χ4v) is 3.83. The van der Waals surface area contributed by atoms with Crippen molar-refractivity contribution >= 4 is 16.8 Å². The number of benzene rings is 1. The molecule has 26 heavy (non-hydrogen) atoms. The van der Waals surface area contributed by atoms with Gasteiger partial charge in [-0.1, -0.05) is 24.6 Å². The van der Waals surface area contributed by atoms with Crippen LogP contribution in [0.2, 0.25) is 0 Å². The second kappa shape index (κ2) is 7.99. The predicted octanol–water partition coefficient (Wildman–Crippen LogP) is 3.08. The van der Waals surface area contributed by atoms with E-state index in [4.69, 9.17) is 0 Å². The maximum absolute atomic E-state index is 12.5. The molecule has 1 aliphatic rings. The van der Waals surface area contributed by atoms with Crippen molar-refractivity contribution in [2.75, 3.05) is 19.8 Å². The highest BCUT2D eigenvalue weighted by Crippen LogP contribution is 2.42. The van der Waals surface area contributed by atoms with E-state index in [9.17, 15) is 9.00 Å². The maximum Gasteiger partial charge on any atom is 0.317 e. The van der Waals surface area contributed by atoms with Gasteiger partial charge >= 0.3 is 6.03 Å². The Hall–Kier alpha value is -2.21. The van der Waals surface area contributed by atoms with Gasteiger partial charge in [0.15, 0.2) is 0 Å². The van der Waals surface area contributed by atoms with Gasteiger partial charge in [-0.25, -0.2) is 4.79 Å². The fourth-order valence-electron chi connectivity index (χ4n) is 3.32. The van der Waals surface area contributed by atoms with Crippen LogP contribution in [-0.4, -0.2) is 40.0 Å². The normalized spacial score (nSPS) is 16.4. The number of carbonyl (C=O) groups excluding carboxylic acids is 1. The minimum Gasteiger partial charge on any atom is -0.337 e. The summed E-state index contributed by atoms with van der Waals surface area (Å²) in [7, 11) is 0.804. The number of carbonyl (C=O) groups is 1. The third kappa shape index (κ3) is 4.12. The molecule has 0 bridgehead atoms. The van der Waals surface area contributed by atoms with Gasteiger partial charge in [0.25, 0.3) is 0 Å². The molecule has 0 radical (unpaired) electrons. The molecule has 1 aromatic carbocycles. The average molecular weight is 372 g/mol. The molecule has 1 unspecified atom stereocenters. The molecular formula is C20H25N3O2S. The Balaban J connectivity index is 1.56. The SMILES string of the molecule is CN(Cc1ccc(S(C)=O)cc1)C(=O)NCC1(c2ccccn2)CCC1. The molecule has 1 aliphatic carbocycles. The van der Waals surface area contributed by atoms with Crippen LogP contribution in [0.15, 0.2) is 53.6 Å². The van der Waals surface area contributed by atoms with Gasteiger partial charge < -0.3 is 10.2 Å². The van der Waals surface area contributed by atoms with Crippen molar-refractivity contribution in [2.24, 2.45) is 0 Å². The number of nitrogens with zero attached hydrogens (tertiary/aromatic N) is 2. The van der Waals surface area contributed by atoms with E-state index in [0.29, 0.717) is 13.1 Å². The fraction of sp³-hybridized carbons (Fsp3) is 0.400. The van der Waals surface area contributed by atoms with Crippen LogP contribution in [-0.2, 0) is 22.8 Å². The lowest BCUT2D eigenvalue weighted by Crippen LogP contribution is -2.48. The van der Waals surface area contributed by atoms with Crippen LogP contribution < -0.4 is 5.32 Å². The highest BCUT2D eigenvalue weighted by atomic mass is 32.2. The first-order valence-corrected chi connectivity index (χ1v) is 10.4. The number of hydrogen-bond acceptors (Lipinski definition) is 3. The van der Waals surface area contributed by atoms with Gasteiger partial charge in [-0.2, -0.15) is 0 Å². The van der Waals surface area contributed by atoms with Crippen molar-refractivity contribution in [1.82, 2.24) is 15.2 Å². The van der Waals surface area contributed by atoms with Gasteiger partial charge in [0.1, 0.15) is 0 Å². The van der Waals surface area contributed by atoms with Gasteiger partial charge in [0.05, 0.1) is 0 Å². The van der Waals surface area contributed by atoms with Crippen LogP contribution in [0, 0.1) is 0 Å². The van der Waals surface area contributed by atoms with Crippen LogP contribution in [0.1, 0.15) is 30.5 Å². The largest absolute Gasteiger partial charge is 0.337 e. The minimum atomic E-state index is -0.984. The van der Waals surface area contributed by atoms with Crippen LogP contribution in [0.25, 0.3) is 0 Å². The number of amides is 2. The van der Waals surface area contributed by atoms with E-state index in [1.807, 2.05) is 48.7 Å². The van der Waals surface area contributed by atoms with Gasteiger partial charge in [0, 0.05) is 59.4 Å². The summed E-state index contributed by atoms with van der Waals surface area (Å²) >= 11 is 0. The Morgan fingerprint density at radius 2 is 1.96 bits per heavy atom. The molecular weight excluding hydrogens is 346 g/mol. The third-order valence-corrected chi connectivity index (χ3v) is 6.05. The molecule has 2 amide bonds. The highest BCUT2D eigenvalue weighted by molar-refractivity contribution is 7.84. The zero-order chi connectivity index (χ0) is 18.6. The van der Waals surface area contributed by atoms with E-state index in [1.165, 1.54) is 6.42 Å². The summed E-state index contributed by atoms with van der Waals surface area (Å²) in [5.41, 5.74) is 2.06. The van der Waals surface area contributed by atoms with E-state index in [2.05, 4.69) is 10.3 Å². The van der Waals surface area contributed by atoms with E-state index in [-0.39, 0.29) is 11.4 Å². The molecule has 0 saturated heterocycles. The summed E-state index contributed by atoms with van der Waals surface area (Å²) < 4.78 is 11.4. The van der Waals surface area contributed by atoms with Gasteiger partial charge in [-0.05, 0) is 42.7 Å². The molecule has 1 N–H and O–H groups in total. The van der Waals surface area contributed by atoms with Crippen LogP contribution >= 0.6 is 0 Å². The average Bonchev–Trinajstić information content (AvgIpc) is 2.62. The van der Waals surface area contributed by atoms with Gasteiger partial charge in [-0.3, -0.25) is 9.19 Å². The predicted molar refractivity (Wildman–Crippen MR) is 103 cm³/mol. The summed E-state index contributed by atoms with van der Waals surface area (Å²) in [6.45, 7) is 1.12. The number of rotatable bonds is 6. The van der Waals surface area contributed by atoms with E-state index >= 15 is 0 Å². The summed E-state index contributed by atoms with van der Waals surface area (Å²) in [6, 6.07) is 13.4. The van der Waals surface area contributed by atoms with Crippen molar-refractivity contribution < 1.29 is 9.00 Å². The molecule has 5 nitrogen and oxygen atoms in total. The molecule has 1 fully saturated rings. The molecule has 3 rings (SSSR count). The van der Waals surface area contributed by atoms with Crippen molar-refractivity contribution in [3.05, 3.63) is 59.9 Å². The van der Waals surface area contributed by atoms with E-state index in [0.717, 1.165) is 29.0 Å². The number of aromatic nitrogens is 1. The van der Waals surface area contributed by atoms with Gasteiger partial charge in [-0.15, -0.1) is 0 Å². The third-order valence-electron chi connectivity index (χ3n) is 5.12. The Morgan fingerprint density at radius 1 is 1.23 bits per heavy atom. The lowest BCUT2D eigenvalue weighted by molar-refractivity contribution is 0.188. The number of pyridine rings is 1. The van der Waals surface area contributed by atoms with Crippen LogP contribution in [0.4, 0.5) is 4.79 Å². The summed E-state index contributed by atoms with van der Waals surface area (Å²) in [5, 5.41) is 3.07. The molecule has 138 valence electrons. The molecule has 1 heterocycles. The molecule has 2 aromatic rings. The number of hydrogen-bond donors (Lipinski definition) is 1. The monoisotopic (exact) mass is 371 g/mol. The molecule has 1 aromatic heterocycles. The Bertz CT molecular complexity index is 773. The number of nitrogens with one attached hydrogen (secondary N) is 1. The lowest BCUT2D eigenvalue weighted by Gasteiger charge is -2.41. The molecule has 1 saturated carbocycles. The van der Waals surface area contributed by atoms with Crippen molar-refractivity contribution in [1.29, 1.82) is 0 Å². The maximum atomic E-state index is 12.5. The van der Waals surface area contributed by atoms with Crippen molar-refractivity contribution in [2.45, 2.75) is 36.1 Å². The van der Waals surface area contributed by atoms with Gasteiger partial charge in [0.2, 0.25) is 0 Å². The second-order valence-electron chi connectivity index (χ2n) is 6.96. The Kier molecular flexibility index (Phi) is 5.71. The van der Waals surface area contributed by atoms with Crippen molar-refractivity contribution in [3.8, 4) is 0 Å². The molecule has 0 spiro atoms. The lowest BCUT2D eigenvalue weighted by atomic mass is 9.66. The smallest absolute Gasteiger partial charge is 0.317 e. The van der Waals surface area contributed by atoms with E-state index in [1.54, 1.807) is 18.2 Å². The minimum absolute atomic E-state index is 0.0232. The Morgan fingerprint density at radius 3 is 2.50 bits per heavy atom. The highest BCUT2D eigenvalue weighted by Gasteiger charge is 2.40. The topological polar surface area (TPSA) is 62.3 Å². The number of urea groups is 1. The first-order valence-electron chi connectivity index (χ1n) is 8.83. The zero-order valence-corrected chi connectivity index (χ0v) is 16.1. The zero-order valence-electron chi connectivity index (χ0n) is 15.3. The summed E-state index contributed by atoms with van der Waals surface area (Å²) in [5.74, 6) is 0. The summed E-state index contributed by atoms with van der Waals surface area (Å²) in [4.78, 5) is 19.4. The van der Waals surface area contributed by atoms with Crippen molar-refractivity contribution in [3.63, 3.8) is 0 Å². The Labute approximate surface area is 157 Å². The van der Waals surface area contributed by atoms with Crippen LogP contribution in [0.3, 0.4) is 0 Å². The second-order valence-corrected chi connectivity index (χ2v) is 8.34. The van der Waals surface area contributed by atoms with E-state index < -0.39 is 10.8 Å². The first kappa shape index (κ1) is 18.6. The molecule has 1 atom stereocenters. The first-order chi connectivity index (χ1) is 12.5. The van der Waals surface area contributed by atoms with Crippen LogP contribution in [0.5, 0.6) is 0 Å². The molecule has 0 aliphatic heterocycles. The quantitative estimate of drug-likeness (QED) is 0.849. The summed E-state index contributed by atoms with van der Waals surface area (Å²) in [6.07, 6.45) is 6.77. The molecule has 6 heteroatoms. The standard InChI is InChI=1S/C20H25N3O2S/c1-23(14-16-7-9-17(10-8-16)26(2)25)19(24)22-15-20(11-5-12-20)18-6-3-4-13-21-18/h3-4,6-10,13H,5,11-12,14-15H2,1-2H3,(H,22,24).